The molecule has 0 radical (unpaired) electrons. The van der Waals surface area contributed by atoms with Crippen LogP contribution < -0.4 is 16.4 Å². The molecule has 4 aromatic rings. The number of carbonyl (C=O) groups excluding carboxylic acids is 2. The fourth-order valence-corrected chi connectivity index (χ4v) is 3.39. The molecule has 0 bridgehead atoms. The van der Waals surface area contributed by atoms with Gasteiger partial charge in [-0.2, -0.15) is 0 Å². The van der Waals surface area contributed by atoms with E-state index in [0.717, 1.165) is 11.1 Å². The fraction of sp³-hybridized carbons (Fsp3) is 0.0357. The second kappa shape index (κ2) is 10.9. The van der Waals surface area contributed by atoms with Gasteiger partial charge in [0.2, 0.25) is 0 Å². The van der Waals surface area contributed by atoms with Gasteiger partial charge in [0.15, 0.2) is 0 Å². The number of nitrogens with one attached hydrogen (secondary N) is 2. The lowest BCUT2D eigenvalue weighted by atomic mass is 10.0. The van der Waals surface area contributed by atoms with E-state index in [9.17, 15) is 14.0 Å². The molecule has 4 N–H and O–H groups in total. The van der Waals surface area contributed by atoms with Crippen molar-refractivity contribution in [2.24, 2.45) is 0 Å². The number of para-hydroxylation sites is 2. The first-order valence-corrected chi connectivity index (χ1v) is 10.9. The monoisotopic (exact) mass is 466 g/mol. The van der Waals surface area contributed by atoms with E-state index < -0.39 is 0 Å². The average molecular weight is 467 g/mol. The number of rotatable bonds is 7. The standard InChI is InChI=1S/C28H23FN4O2/c29-23-11-9-21(10-12-23)24(17-19-13-15-31-16-14-19)28(35)32-18-20-5-7-22(8-6-20)27(34)33-26-4-2-1-3-25(26)30/h1-17H,18,30H2,(H,32,35)(H,33,34). The van der Waals surface area contributed by atoms with Gasteiger partial charge in [-0.15, -0.1) is 0 Å². The molecular formula is C28H23FN4O2. The normalized spacial score (nSPS) is 11.1. The van der Waals surface area contributed by atoms with Gasteiger partial charge in [-0.05, 0) is 71.3 Å². The summed E-state index contributed by atoms with van der Waals surface area (Å²) in [4.78, 5) is 29.6. The lowest BCUT2D eigenvalue weighted by molar-refractivity contribution is -0.115. The Kier molecular flexibility index (Phi) is 7.28. The Morgan fingerprint density at radius 1 is 0.857 bits per heavy atom. The largest absolute Gasteiger partial charge is 0.397 e. The highest BCUT2D eigenvalue weighted by atomic mass is 19.1. The first-order valence-electron chi connectivity index (χ1n) is 10.9. The summed E-state index contributed by atoms with van der Waals surface area (Å²) in [6.45, 7) is 0.251. The highest BCUT2D eigenvalue weighted by Crippen LogP contribution is 2.20. The van der Waals surface area contributed by atoms with Crippen molar-refractivity contribution in [1.82, 2.24) is 10.3 Å². The van der Waals surface area contributed by atoms with E-state index in [4.69, 9.17) is 5.73 Å². The zero-order valence-corrected chi connectivity index (χ0v) is 18.7. The molecule has 0 fully saturated rings. The smallest absolute Gasteiger partial charge is 0.255 e. The lowest BCUT2D eigenvalue weighted by Crippen LogP contribution is -2.24. The van der Waals surface area contributed by atoms with Crippen LogP contribution in [0.15, 0.2) is 97.3 Å². The third-order valence-corrected chi connectivity index (χ3v) is 5.30. The van der Waals surface area contributed by atoms with Crippen molar-refractivity contribution >= 4 is 34.8 Å². The van der Waals surface area contributed by atoms with Gasteiger partial charge >= 0.3 is 0 Å². The zero-order valence-electron chi connectivity index (χ0n) is 18.7. The Bertz CT molecular complexity index is 1350. The summed E-state index contributed by atoms with van der Waals surface area (Å²) in [5.41, 5.74) is 9.97. The first kappa shape index (κ1) is 23.4. The highest BCUT2D eigenvalue weighted by molar-refractivity contribution is 6.24. The maximum absolute atomic E-state index is 13.4. The molecule has 0 aliphatic rings. The maximum Gasteiger partial charge on any atom is 0.255 e. The van der Waals surface area contributed by atoms with Crippen molar-refractivity contribution in [1.29, 1.82) is 0 Å². The Balaban J connectivity index is 1.45. The van der Waals surface area contributed by atoms with E-state index in [1.165, 1.54) is 12.1 Å². The highest BCUT2D eigenvalue weighted by Gasteiger charge is 2.13. The predicted molar refractivity (Wildman–Crippen MR) is 136 cm³/mol. The van der Waals surface area contributed by atoms with Crippen LogP contribution in [0.25, 0.3) is 11.6 Å². The number of nitrogen functional groups attached to an aromatic ring is 1. The zero-order chi connectivity index (χ0) is 24.6. The fourth-order valence-electron chi connectivity index (χ4n) is 3.39. The maximum atomic E-state index is 13.4. The summed E-state index contributed by atoms with van der Waals surface area (Å²) < 4.78 is 13.4. The molecule has 0 spiro atoms. The molecule has 1 aromatic heterocycles. The molecule has 174 valence electrons. The van der Waals surface area contributed by atoms with Gasteiger partial charge < -0.3 is 16.4 Å². The topological polar surface area (TPSA) is 97.1 Å². The summed E-state index contributed by atoms with van der Waals surface area (Å²) in [7, 11) is 0. The Labute approximate surface area is 202 Å². The van der Waals surface area contributed by atoms with E-state index in [1.807, 2.05) is 0 Å². The van der Waals surface area contributed by atoms with Crippen LogP contribution in [-0.4, -0.2) is 16.8 Å². The number of halogens is 1. The number of nitrogens with two attached hydrogens (primary N) is 1. The molecule has 3 aromatic carbocycles. The first-order chi connectivity index (χ1) is 17.0. The number of amides is 2. The molecular weight excluding hydrogens is 443 g/mol. The predicted octanol–water partition coefficient (Wildman–Crippen LogP) is 4.91. The number of benzene rings is 3. The molecule has 1 heterocycles. The van der Waals surface area contributed by atoms with Crippen molar-refractivity contribution in [3.8, 4) is 0 Å². The summed E-state index contributed by atoms with van der Waals surface area (Å²) in [6, 6.07) is 23.3. The van der Waals surface area contributed by atoms with Gasteiger partial charge in [0, 0.05) is 30.1 Å². The van der Waals surface area contributed by atoms with E-state index in [2.05, 4.69) is 15.6 Å². The number of carbonyl (C=O) groups is 2. The van der Waals surface area contributed by atoms with Crippen LogP contribution in [0.3, 0.4) is 0 Å². The van der Waals surface area contributed by atoms with Crippen LogP contribution in [0.2, 0.25) is 0 Å². The molecule has 0 aliphatic carbocycles. The third kappa shape index (κ3) is 6.17. The second-order valence-corrected chi connectivity index (χ2v) is 7.77. The Morgan fingerprint density at radius 3 is 2.20 bits per heavy atom. The minimum atomic E-state index is -0.378. The van der Waals surface area contributed by atoms with Gasteiger partial charge in [-0.3, -0.25) is 14.6 Å². The van der Waals surface area contributed by atoms with Crippen molar-refractivity contribution in [3.63, 3.8) is 0 Å². The van der Waals surface area contributed by atoms with E-state index in [0.29, 0.717) is 28.1 Å². The van der Waals surface area contributed by atoms with Gasteiger partial charge in [-0.25, -0.2) is 4.39 Å². The van der Waals surface area contributed by atoms with Crippen molar-refractivity contribution < 1.29 is 14.0 Å². The molecule has 4 rings (SSSR count). The van der Waals surface area contributed by atoms with Crippen LogP contribution in [0, 0.1) is 5.82 Å². The van der Waals surface area contributed by atoms with E-state index >= 15 is 0 Å². The quantitative estimate of drug-likeness (QED) is 0.266. The molecule has 35 heavy (non-hydrogen) atoms. The van der Waals surface area contributed by atoms with E-state index in [1.54, 1.807) is 91.3 Å². The summed E-state index contributed by atoms with van der Waals surface area (Å²) in [5.74, 6) is -0.969. The average Bonchev–Trinajstić information content (AvgIpc) is 2.89. The summed E-state index contributed by atoms with van der Waals surface area (Å²) >= 11 is 0. The molecule has 7 heteroatoms. The molecule has 0 atom stereocenters. The summed E-state index contributed by atoms with van der Waals surface area (Å²) in [6.07, 6.45) is 5.00. The molecule has 0 saturated heterocycles. The van der Waals surface area contributed by atoms with Crippen LogP contribution in [0.5, 0.6) is 0 Å². The van der Waals surface area contributed by atoms with Gasteiger partial charge in [-0.1, -0.05) is 36.4 Å². The number of pyridine rings is 1. The van der Waals surface area contributed by atoms with Crippen molar-refractivity contribution in [2.75, 3.05) is 11.1 Å². The Morgan fingerprint density at radius 2 is 1.51 bits per heavy atom. The molecule has 0 saturated carbocycles. The minimum absolute atomic E-state index is 0.251. The van der Waals surface area contributed by atoms with Crippen molar-refractivity contribution in [3.05, 3.63) is 125 Å². The van der Waals surface area contributed by atoms with Gasteiger partial charge in [0.05, 0.1) is 11.4 Å². The van der Waals surface area contributed by atoms with E-state index in [-0.39, 0.29) is 24.2 Å². The molecule has 2 amide bonds. The Hall–Kier alpha value is -4.78. The van der Waals surface area contributed by atoms with Crippen molar-refractivity contribution in [2.45, 2.75) is 6.54 Å². The van der Waals surface area contributed by atoms with Crippen LogP contribution in [0.4, 0.5) is 15.8 Å². The number of hydrogen-bond donors (Lipinski definition) is 3. The van der Waals surface area contributed by atoms with Gasteiger partial charge in [0.25, 0.3) is 11.8 Å². The number of hydrogen-bond acceptors (Lipinski definition) is 4. The SMILES string of the molecule is Nc1ccccc1NC(=O)c1ccc(CNC(=O)C(=Cc2ccncc2)c2ccc(F)cc2)cc1. The lowest BCUT2D eigenvalue weighted by Gasteiger charge is -2.11. The molecule has 0 aliphatic heterocycles. The third-order valence-electron chi connectivity index (χ3n) is 5.30. The molecule has 6 nitrogen and oxygen atoms in total. The second-order valence-electron chi connectivity index (χ2n) is 7.77. The van der Waals surface area contributed by atoms with Crippen LogP contribution >= 0.6 is 0 Å². The van der Waals surface area contributed by atoms with Gasteiger partial charge in [0.1, 0.15) is 5.82 Å². The number of anilines is 2. The number of aromatic nitrogens is 1. The van der Waals surface area contributed by atoms with Crippen LogP contribution in [-0.2, 0) is 11.3 Å². The molecule has 0 unspecified atom stereocenters. The number of nitrogens with zero attached hydrogens (tertiary/aromatic N) is 1. The minimum Gasteiger partial charge on any atom is -0.397 e. The summed E-state index contributed by atoms with van der Waals surface area (Å²) in [5, 5.41) is 5.68. The van der Waals surface area contributed by atoms with Crippen LogP contribution in [0.1, 0.15) is 27.0 Å².